The van der Waals surface area contributed by atoms with E-state index in [-0.39, 0.29) is 16.8 Å². The van der Waals surface area contributed by atoms with Crippen molar-refractivity contribution >= 4 is 27.3 Å². The Balaban J connectivity index is 2.05. The third kappa shape index (κ3) is 5.71. The number of ether oxygens (including phenoxy) is 1. The summed E-state index contributed by atoms with van der Waals surface area (Å²) in [5.74, 6) is 0.355. The fourth-order valence-corrected chi connectivity index (χ4v) is 3.32. The van der Waals surface area contributed by atoms with Gasteiger partial charge in [-0.15, -0.1) is 0 Å². The van der Waals surface area contributed by atoms with Crippen LogP contribution in [0.4, 0.5) is 0 Å². The maximum absolute atomic E-state index is 12.6. The Kier molecular flexibility index (Phi) is 6.89. The van der Waals surface area contributed by atoms with Crippen molar-refractivity contribution in [3.8, 4) is 5.75 Å². The van der Waals surface area contributed by atoms with Crippen LogP contribution in [0.5, 0.6) is 5.75 Å². The summed E-state index contributed by atoms with van der Waals surface area (Å²) < 4.78 is 28.9. The molecule has 1 N–H and O–H groups in total. The van der Waals surface area contributed by atoms with Crippen LogP contribution in [0.25, 0.3) is 0 Å². The third-order valence-corrected chi connectivity index (χ3v) is 5.79. The van der Waals surface area contributed by atoms with Gasteiger partial charge in [0.25, 0.3) is 5.91 Å². The molecule has 0 aliphatic carbocycles. The van der Waals surface area contributed by atoms with Gasteiger partial charge in [-0.25, -0.2) is 8.42 Å². The van der Waals surface area contributed by atoms with Gasteiger partial charge in [0.05, 0.1) is 10.9 Å². The number of rotatable bonds is 7. The van der Waals surface area contributed by atoms with Crippen molar-refractivity contribution in [2.24, 2.45) is 0 Å². The fraction of sp³-hybridized carbons (Fsp3) is 0.350. The number of sulfone groups is 1. The predicted octanol–water partition coefficient (Wildman–Crippen LogP) is 4.09. The lowest BCUT2D eigenvalue weighted by Crippen LogP contribution is -2.39. The summed E-state index contributed by atoms with van der Waals surface area (Å²) in [4.78, 5) is 12.8. The molecule has 1 amide bonds. The van der Waals surface area contributed by atoms with E-state index in [0.29, 0.717) is 17.2 Å². The second-order valence-corrected chi connectivity index (χ2v) is 8.92. The van der Waals surface area contributed by atoms with Gasteiger partial charge < -0.3 is 10.1 Å². The van der Waals surface area contributed by atoms with Gasteiger partial charge in [0.1, 0.15) is 5.75 Å². The van der Waals surface area contributed by atoms with Gasteiger partial charge in [0.2, 0.25) is 0 Å². The Bertz CT molecular complexity index is 910. The number of carbonyl (C=O) groups is 1. The standard InChI is InChI=1S/C20H24ClNO4S/c1-5-19(26-16-8-11-18(21)13(2)12-16)20(23)22-14(3)15-6-9-17(10-7-15)27(4,24)25/h6-12,14,19H,5H2,1-4H3,(H,22,23)/t14-,19-/m1/s1. The van der Waals surface area contributed by atoms with Crippen molar-refractivity contribution in [3.05, 3.63) is 58.6 Å². The summed E-state index contributed by atoms with van der Waals surface area (Å²) in [6, 6.07) is 11.5. The van der Waals surface area contributed by atoms with Gasteiger partial charge in [0.15, 0.2) is 15.9 Å². The van der Waals surface area contributed by atoms with E-state index in [1.807, 2.05) is 20.8 Å². The van der Waals surface area contributed by atoms with E-state index in [0.717, 1.165) is 17.4 Å². The van der Waals surface area contributed by atoms with Crippen molar-refractivity contribution in [3.63, 3.8) is 0 Å². The molecule has 0 aliphatic rings. The molecule has 2 aromatic carbocycles. The molecular formula is C20H24ClNO4S. The Morgan fingerprint density at radius 3 is 2.33 bits per heavy atom. The molecule has 2 rings (SSSR count). The maximum atomic E-state index is 12.6. The zero-order valence-electron chi connectivity index (χ0n) is 15.8. The number of hydrogen-bond acceptors (Lipinski definition) is 4. The SMILES string of the molecule is CC[C@@H](Oc1ccc(Cl)c(C)c1)C(=O)N[C@H](C)c1ccc(S(C)(=O)=O)cc1. The van der Waals surface area contributed by atoms with Gasteiger partial charge in [-0.2, -0.15) is 0 Å². The number of nitrogens with one attached hydrogen (secondary N) is 1. The molecule has 0 saturated carbocycles. The van der Waals surface area contributed by atoms with Crippen LogP contribution in [0.1, 0.15) is 37.4 Å². The second-order valence-electron chi connectivity index (χ2n) is 6.50. The average molecular weight is 410 g/mol. The van der Waals surface area contributed by atoms with E-state index < -0.39 is 15.9 Å². The first-order chi connectivity index (χ1) is 12.6. The van der Waals surface area contributed by atoms with Crippen LogP contribution in [-0.2, 0) is 14.6 Å². The summed E-state index contributed by atoms with van der Waals surface area (Å²) in [5, 5.41) is 3.56. The molecule has 0 unspecified atom stereocenters. The summed E-state index contributed by atoms with van der Waals surface area (Å²) in [6.45, 7) is 5.59. The van der Waals surface area contributed by atoms with Crippen LogP contribution in [0, 0.1) is 6.92 Å². The minimum absolute atomic E-state index is 0.232. The average Bonchev–Trinajstić information content (AvgIpc) is 2.61. The Labute approximate surface area is 165 Å². The van der Waals surface area contributed by atoms with Gasteiger partial charge in [-0.1, -0.05) is 30.7 Å². The molecule has 2 atom stereocenters. The Morgan fingerprint density at radius 2 is 1.81 bits per heavy atom. The van der Waals surface area contributed by atoms with E-state index >= 15 is 0 Å². The highest BCUT2D eigenvalue weighted by atomic mass is 35.5. The Hall–Kier alpha value is -2.05. The fourth-order valence-electron chi connectivity index (χ4n) is 2.57. The van der Waals surface area contributed by atoms with Crippen molar-refractivity contribution in [1.82, 2.24) is 5.32 Å². The number of carbonyl (C=O) groups excluding carboxylic acids is 1. The van der Waals surface area contributed by atoms with Crippen molar-refractivity contribution in [2.45, 2.75) is 44.2 Å². The minimum atomic E-state index is -3.24. The number of benzene rings is 2. The first kappa shape index (κ1) is 21.3. The molecule has 0 fully saturated rings. The van der Waals surface area contributed by atoms with Gasteiger partial charge in [-0.3, -0.25) is 4.79 Å². The lowest BCUT2D eigenvalue weighted by Gasteiger charge is -2.21. The summed E-state index contributed by atoms with van der Waals surface area (Å²) in [7, 11) is -3.24. The molecule has 0 aromatic heterocycles. The summed E-state index contributed by atoms with van der Waals surface area (Å²) >= 11 is 6.02. The second kappa shape index (κ2) is 8.76. The third-order valence-electron chi connectivity index (χ3n) is 4.24. The zero-order valence-corrected chi connectivity index (χ0v) is 17.4. The molecule has 2 aromatic rings. The highest BCUT2D eigenvalue weighted by molar-refractivity contribution is 7.90. The number of aryl methyl sites for hydroxylation is 1. The molecule has 0 aliphatic heterocycles. The van der Waals surface area contributed by atoms with E-state index in [9.17, 15) is 13.2 Å². The molecular weight excluding hydrogens is 386 g/mol. The smallest absolute Gasteiger partial charge is 0.261 e. The lowest BCUT2D eigenvalue weighted by molar-refractivity contribution is -0.128. The molecule has 0 saturated heterocycles. The molecule has 7 heteroatoms. The number of hydrogen-bond donors (Lipinski definition) is 1. The molecule has 27 heavy (non-hydrogen) atoms. The van der Waals surface area contributed by atoms with Crippen LogP contribution in [-0.4, -0.2) is 26.7 Å². The minimum Gasteiger partial charge on any atom is -0.481 e. The molecule has 5 nitrogen and oxygen atoms in total. The maximum Gasteiger partial charge on any atom is 0.261 e. The molecule has 146 valence electrons. The van der Waals surface area contributed by atoms with Gasteiger partial charge in [-0.05, 0) is 61.7 Å². The van der Waals surface area contributed by atoms with Crippen LogP contribution in [0.15, 0.2) is 47.4 Å². The topological polar surface area (TPSA) is 72.5 Å². The number of amides is 1. The van der Waals surface area contributed by atoms with Gasteiger partial charge >= 0.3 is 0 Å². The van der Waals surface area contributed by atoms with E-state index in [1.54, 1.807) is 30.3 Å². The lowest BCUT2D eigenvalue weighted by atomic mass is 10.1. The first-order valence-electron chi connectivity index (χ1n) is 8.65. The van der Waals surface area contributed by atoms with Crippen LogP contribution >= 0.6 is 11.6 Å². The first-order valence-corrected chi connectivity index (χ1v) is 10.9. The van der Waals surface area contributed by atoms with Crippen molar-refractivity contribution in [2.75, 3.05) is 6.26 Å². The van der Waals surface area contributed by atoms with E-state index in [4.69, 9.17) is 16.3 Å². The highest BCUT2D eigenvalue weighted by Gasteiger charge is 2.21. The van der Waals surface area contributed by atoms with E-state index in [2.05, 4.69) is 5.32 Å². The molecule has 0 heterocycles. The highest BCUT2D eigenvalue weighted by Crippen LogP contribution is 2.23. The molecule has 0 spiro atoms. The van der Waals surface area contributed by atoms with Crippen LogP contribution in [0.2, 0.25) is 5.02 Å². The molecule has 0 radical (unpaired) electrons. The summed E-state index contributed by atoms with van der Waals surface area (Å²) in [6.07, 6.45) is 1.03. The zero-order chi connectivity index (χ0) is 20.2. The quantitative estimate of drug-likeness (QED) is 0.747. The normalized spacial score (nSPS) is 13.7. The van der Waals surface area contributed by atoms with Gasteiger partial charge in [0, 0.05) is 11.3 Å². The monoisotopic (exact) mass is 409 g/mol. The van der Waals surface area contributed by atoms with E-state index in [1.165, 1.54) is 12.1 Å². The van der Waals surface area contributed by atoms with Crippen molar-refractivity contribution in [1.29, 1.82) is 0 Å². The van der Waals surface area contributed by atoms with Crippen LogP contribution in [0.3, 0.4) is 0 Å². The van der Waals surface area contributed by atoms with Crippen LogP contribution < -0.4 is 10.1 Å². The largest absolute Gasteiger partial charge is 0.481 e. The number of halogens is 1. The summed E-state index contributed by atoms with van der Waals surface area (Å²) in [5.41, 5.74) is 1.69. The predicted molar refractivity (Wildman–Crippen MR) is 107 cm³/mol. The van der Waals surface area contributed by atoms with Crippen molar-refractivity contribution < 1.29 is 17.9 Å². The Morgan fingerprint density at radius 1 is 1.19 bits per heavy atom. The molecule has 0 bridgehead atoms.